The first kappa shape index (κ1) is 14.7. The summed E-state index contributed by atoms with van der Waals surface area (Å²) in [7, 11) is 0. The Morgan fingerprint density at radius 3 is 2.56 bits per heavy atom. The van der Waals surface area contributed by atoms with E-state index in [1.165, 1.54) is 0 Å². The van der Waals surface area contributed by atoms with E-state index in [0.717, 1.165) is 0 Å². The second-order valence-electron chi connectivity index (χ2n) is 4.49. The van der Waals surface area contributed by atoms with Crippen LogP contribution in [0.25, 0.3) is 0 Å². The first-order valence-corrected chi connectivity index (χ1v) is 5.88. The number of carbonyl (C=O) groups is 3. The molecule has 1 rings (SSSR count). The van der Waals surface area contributed by atoms with Crippen molar-refractivity contribution in [2.24, 2.45) is 11.8 Å². The van der Waals surface area contributed by atoms with Gasteiger partial charge in [-0.25, -0.2) is 0 Å². The van der Waals surface area contributed by atoms with Gasteiger partial charge in [0.25, 0.3) is 0 Å². The maximum absolute atomic E-state index is 12.9. The highest BCUT2D eigenvalue weighted by molar-refractivity contribution is 6.06. The molecular weight excluding hydrogens is 246 g/mol. The maximum Gasteiger partial charge on any atom is 0.308 e. The van der Waals surface area contributed by atoms with Gasteiger partial charge >= 0.3 is 11.9 Å². The molecule has 0 N–H and O–H groups in total. The van der Waals surface area contributed by atoms with Gasteiger partial charge in [0.15, 0.2) is 0 Å². The van der Waals surface area contributed by atoms with Crippen LogP contribution in [0.5, 0.6) is 0 Å². The number of halogens is 2. The molecule has 0 heterocycles. The second kappa shape index (κ2) is 5.54. The smallest absolute Gasteiger partial charge is 0.308 e. The topological polar surface area (TPSA) is 60.4 Å². The molecule has 0 aromatic rings. The summed E-state index contributed by atoms with van der Waals surface area (Å²) in [4.78, 5) is 34.4. The molecule has 102 valence electrons. The molecule has 0 aromatic carbocycles. The number of esters is 1. The molecule has 1 saturated carbocycles. The molecule has 1 aliphatic carbocycles. The average molecular weight is 262 g/mol. The predicted octanol–water partition coefficient (Wildman–Crippen LogP) is 1.76. The molecule has 0 aromatic heterocycles. The monoisotopic (exact) mass is 262 g/mol. The Labute approximate surface area is 104 Å². The van der Waals surface area contributed by atoms with Gasteiger partial charge < -0.3 is 4.74 Å². The maximum atomic E-state index is 12.9. The van der Waals surface area contributed by atoms with Crippen molar-refractivity contribution < 1.29 is 27.9 Å². The summed E-state index contributed by atoms with van der Waals surface area (Å²) in [5, 5.41) is 0. The highest BCUT2D eigenvalue weighted by Crippen LogP contribution is 2.32. The van der Waals surface area contributed by atoms with Crippen LogP contribution < -0.4 is 0 Å². The van der Waals surface area contributed by atoms with E-state index in [0.29, 0.717) is 6.92 Å². The van der Waals surface area contributed by atoms with E-state index in [1.807, 2.05) is 0 Å². The van der Waals surface area contributed by atoms with Gasteiger partial charge in [-0.3, -0.25) is 14.4 Å². The third-order valence-electron chi connectivity index (χ3n) is 3.02. The van der Waals surface area contributed by atoms with Crippen LogP contribution in [-0.4, -0.2) is 30.1 Å². The zero-order valence-electron chi connectivity index (χ0n) is 10.4. The first-order valence-electron chi connectivity index (χ1n) is 5.88. The van der Waals surface area contributed by atoms with Crippen molar-refractivity contribution in [3.63, 3.8) is 0 Å². The molecule has 1 fully saturated rings. The summed E-state index contributed by atoms with van der Waals surface area (Å²) in [5.74, 6) is -8.01. The van der Waals surface area contributed by atoms with E-state index in [2.05, 4.69) is 0 Å². The SMILES string of the molecule is CCOC(=O)C1CCC(=O)C(C(=O)C(C)(F)F)C1. The minimum Gasteiger partial charge on any atom is -0.466 e. The van der Waals surface area contributed by atoms with Crippen molar-refractivity contribution in [3.05, 3.63) is 0 Å². The summed E-state index contributed by atoms with van der Waals surface area (Å²) < 4.78 is 30.6. The Kier molecular flexibility index (Phi) is 4.53. The zero-order valence-corrected chi connectivity index (χ0v) is 10.4. The van der Waals surface area contributed by atoms with Crippen molar-refractivity contribution >= 4 is 17.5 Å². The van der Waals surface area contributed by atoms with Gasteiger partial charge in [0, 0.05) is 13.3 Å². The molecular formula is C12H16F2O4. The van der Waals surface area contributed by atoms with Crippen LogP contribution >= 0.6 is 0 Å². The van der Waals surface area contributed by atoms with E-state index in [9.17, 15) is 23.2 Å². The fourth-order valence-corrected chi connectivity index (χ4v) is 2.06. The molecule has 2 atom stereocenters. The van der Waals surface area contributed by atoms with Crippen molar-refractivity contribution in [1.82, 2.24) is 0 Å². The highest BCUT2D eigenvalue weighted by atomic mass is 19.3. The third kappa shape index (κ3) is 3.34. The Balaban J connectivity index is 2.76. The number of ketones is 2. The molecule has 0 spiro atoms. The quantitative estimate of drug-likeness (QED) is 0.572. The molecule has 0 aliphatic heterocycles. The molecule has 0 amide bonds. The van der Waals surface area contributed by atoms with Crippen LogP contribution in [0.4, 0.5) is 8.78 Å². The first-order chi connectivity index (χ1) is 8.27. The van der Waals surface area contributed by atoms with Crippen molar-refractivity contribution in [2.45, 2.75) is 39.0 Å². The Bertz CT molecular complexity index is 360. The molecule has 4 nitrogen and oxygen atoms in total. The Hall–Kier alpha value is -1.33. The van der Waals surface area contributed by atoms with Gasteiger partial charge in [0.05, 0.1) is 18.4 Å². The minimum absolute atomic E-state index is 0.0318. The standard InChI is InChI=1S/C12H16F2O4/c1-3-18-11(17)7-4-5-9(15)8(6-7)10(16)12(2,13)14/h7-8H,3-6H2,1-2H3. The van der Waals surface area contributed by atoms with E-state index in [1.54, 1.807) is 6.92 Å². The van der Waals surface area contributed by atoms with Crippen molar-refractivity contribution in [1.29, 1.82) is 0 Å². The fourth-order valence-electron chi connectivity index (χ4n) is 2.06. The van der Waals surface area contributed by atoms with Crippen LogP contribution in [0.15, 0.2) is 0 Å². The van der Waals surface area contributed by atoms with Crippen LogP contribution in [0.2, 0.25) is 0 Å². The molecule has 2 unspecified atom stereocenters. The van der Waals surface area contributed by atoms with E-state index < -0.39 is 35.3 Å². The molecule has 0 saturated heterocycles. The minimum atomic E-state index is -3.54. The number of rotatable bonds is 4. The summed E-state index contributed by atoms with van der Waals surface area (Å²) >= 11 is 0. The largest absolute Gasteiger partial charge is 0.466 e. The van der Waals surface area contributed by atoms with Crippen molar-refractivity contribution in [2.75, 3.05) is 6.61 Å². The number of Topliss-reactive ketones (excluding diaryl/α,β-unsaturated/α-hetero) is 2. The van der Waals surface area contributed by atoms with Gasteiger partial charge in [-0.1, -0.05) is 0 Å². The molecule has 6 heteroatoms. The normalized spacial score (nSPS) is 24.8. The molecule has 0 radical (unpaired) electrons. The summed E-state index contributed by atoms with van der Waals surface area (Å²) in [6.07, 6.45) is 0.0621. The lowest BCUT2D eigenvalue weighted by atomic mass is 9.77. The molecule has 18 heavy (non-hydrogen) atoms. The van der Waals surface area contributed by atoms with E-state index in [4.69, 9.17) is 4.74 Å². The number of ether oxygens (including phenoxy) is 1. The Morgan fingerprint density at radius 2 is 2.06 bits per heavy atom. The van der Waals surface area contributed by atoms with Crippen LogP contribution in [0.1, 0.15) is 33.1 Å². The third-order valence-corrected chi connectivity index (χ3v) is 3.02. The van der Waals surface area contributed by atoms with Gasteiger partial charge in [0.2, 0.25) is 5.78 Å². The van der Waals surface area contributed by atoms with Crippen LogP contribution in [0.3, 0.4) is 0 Å². The average Bonchev–Trinajstić information content (AvgIpc) is 2.27. The lowest BCUT2D eigenvalue weighted by Crippen LogP contribution is -2.41. The fraction of sp³-hybridized carbons (Fsp3) is 0.750. The molecule has 0 bridgehead atoms. The van der Waals surface area contributed by atoms with Crippen LogP contribution in [-0.2, 0) is 19.1 Å². The Morgan fingerprint density at radius 1 is 1.44 bits per heavy atom. The van der Waals surface area contributed by atoms with E-state index >= 15 is 0 Å². The molecule has 1 aliphatic rings. The summed E-state index contributed by atoms with van der Waals surface area (Å²) in [6.45, 7) is 2.29. The number of alkyl halides is 2. The van der Waals surface area contributed by atoms with Crippen LogP contribution in [0, 0.1) is 11.8 Å². The zero-order chi connectivity index (χ0) is 13.9. The van der Waals surface area contributed by atoms with E-state index in [-0.39, 0.29) is 25.9 Å². The van der Waals surface area contributed by atoms with Gasteiger partial charge in [0.1, 0.15) is 5.78 Å². The number of hydrogen-bond acceptors (Lipinski definition) is 4. The lowest BCUT2D eigenvalue weighted by molar-refractivity contribution is -0.156. The van der Waals surface area contributed by atoms with Gasteiger partial charge in [-0.2, -0.15) is 8.78 Å². The second-order valence-corrected chi connectivity index (χ2v) is 4.49. The predicted molar refractivity (Wildman–Crippen MR) is 58.1 cm³/mol. The van der Waals surface area contributed by atoms with Crippen molar-refractivity contribution in [3.8, 4) is 0 Å². The van der Waals surface area contributed by atoms with Gasteiger partial charge in [-0.15, -0.1) is 0 Å². The summed E-state index contributed by atoms with van der Waals surface area (Å²) in [5.41, 5.74) is 0. The number of carbonyl (C=O) groups excluding carboxylic acids is 3. The lowest BCUT2D eigenvalue weighted by Gasteiger charge is -2.27. The summed E-state index contributed by atoms with van der Waals surface area (Å²) in [6, 6.07) is 0. The van der Waals surface area contributed by atoms with Gasteiger partial charge in [-0.05, 0) is 19.8 Å². The highest BCUT2D eigenvalue weighted by Gasteiger charge is 2.45. The number of hydrogen-bond donors (Lipinski definition) is 0.